The topological polar surface area (TPSA) is 84.3 Å². The maximum absolute atomic E-state index is 12.9. The van der Waals surface area contributed by atoms with Gasteiger partial charge in [0.05, 0.1) is 11.9 Å². The zero-order valence-corrected chi connectivity index (χ0v) is 17.0. The van der Waals surface area contributed by atoms with Gasteiger partial charge >= 0.3 is 0 Å². The molecule has 0 spiro atoms. The van der Waals surface area contributed by atoms with E-state index in [1.165, 1.54) is 6.26 Å². The monoisotopic (exact) mass is 402 g/mol. The van der Waals surface area contributed by atoms with E-state index in [2.05, 4.69) is 10.4 Å². The Morgan fingerprint density at radius 3 is 2.64 bits per heavy atom. The Labute approximate surface area is 165 Å². The van der Waals surface area contributed by atoms with Crippen molar-refractivity contribution in [2.45, 2.75) is 25.3 Å². The van der Waals surface area contributed by atoms with E-state index in [-0.39, 0.29) is 17.9 Å². The van der Waals surface area contributed by atoms with Crippen LogP contribution in [0, 0.1) is 11.8 Å². The molecule has 1 aliphatic carbocycles. The number of nitrogens with zero attached hydrogens (tertiary/aromatic N) is 3. The number of sulfonamides is 1. The van der Waals surface area contributed by atoms with Crippen LogP contribution in [0.5, 0.6) is 0 Å². The Balaban J connectivity index is 1.50. The van der Waals surface area contributed by atoms with Crippen LogP contribution in [0.2, 0.25) is 0 Å². The Morgan fingerprint density at radius 1 is 1.18 bits per heavy atom. The first kappa shape index (κ1) is 19.1. The first-order chi connectivity index (χ1) is 13.3. The van der Waals surface area contributed by atoms with Gasteiger partial charge < -0.3 is 5.32 Å². The minimum absolute atomic E-state index is 0.00641. The first-order valence-corrected chi connectivity index (χ1v) is 11.5. The fraction of sp³-hybridized carbons (Fsp3) is 0.500. The van der Waals surface area contributed by atoms with Gasteiger partial charge in [0.1, 0.15) is 5.69 Å². The van der Waals surface area contributed by atoms with Gasteiger partial charge in [0.15, 0.2) is 0 Å². The van der Waals surface area contributed by atoms with Gasteiger partial charge in [0.2, 0.25) is 10.0 Å². The highest BCUT2D eigenvalue weighted by Crippen LogP contribution is 2.37. The zero-order valence-electron chi connectivity index (χ0n) is 16.2. The number of fused-ring (bicyclic) bond motifs is 1. The summed E-state index contributed by atoms with van der Waals surface area (Å²) in [5.74, 6) is 0.343. The average Bonchev–Trinajstić information content (AvgIpc) is 3.27. The van der Waals surface area contributed by atoms with Crippen molar-refractivity contribution in [3.05, 3.63) is 42.1 Å². The molecule has 2 fully saturated rings. The van der Waals surface area contributed by atoms with Gasteiger partial charge in [-0.2, -0.15) is 5.10 Å². The average molecular weight is 403 g/mol. The van der Waals surface area contributed by atoms with Crippen LogP contribution in [-0.2, 0) is 17.1 Å². The Bertz CT molecular complexity index is 971. The molecule has 3 atom stereocenters. The highest BCUT2D eigenvalue weighted by atomic mass is 32.2. The largest absolute Gasteiger partial charge is 0.348 e. The van der Waals surface area contributed by atoms with Gasteiger partial charge in [0, 0.05) is 31.7 Å². The Morgan fingerprint density at radius 2 is 1.93 bits per heavy atom. The van der Waals surface area contributed by atoms with Crippen molar-refractivity contribution in [1.82, 2.24) is 19.4 Å². The lowest BCUT2D eigenvalue weighted by Crippen LogP contribution is -2.45. The second-order valence-corrected chi connectivity index (χ2v) is 9.90. The number of nitrogens with one attached hydrogen (secondary N) is 1. The van der Waals surface area contributed by atoms with Gasteiger partial charge in [-0.1, -0.05) is 36.8 Å². The maximum Gasteiger partial charge on any atom is 0.269 e. The zero-order chi connectivity index (χ0) is 19.9. The molecule has 4 rings (SSSR count). The van der Waals surface area contributed by atoms with Gasteiger partial charge in [-0.15, -0.1) is 0 Å². The number of aryl methyl sites for hydroxylation is 1. The molecule has 1 amide bonds. The summed E-state index contributed by atoms with van der Waals surface area (Å²) < 4.78 is 27.0. The standard InChI is InChI=1S/C20H26N4O3S/c1-23-19(11-18(22-23)14-7-4-3-5-8-14)20(25)21-17-10-6-9-15-12-24(13-16(15)17)28(2,26)27/h3-5,7-8,11,15-17H,6,9-10,12-13H2,1-2H3,(H,21,25)/t15-,16+,17-/m0/s1. The number of benzene rings is 1. The third-order valence-corrected chi connectivity index (χ3v) is 7.27. The summed E-state index contributed by atoms with van der Waals surface area (Å²) in [6, 6.07) is 11.6. The lowest BCUT2D eigenvalue weighted by Gasteiger charge is -2.33. The van der Waals surface area contributed by atoms with Crippen LogP contribution < -0.4 is 5.32 Å². The molecule has 0 unspecified atom stereocenters. The van der Waals surface area contributed by atoms with Crippen LogP contribution >= 0.6 is 0 Å². The Kier molecular flexibility index (Phi) is 5.01. The molecule has 28 heavy (non-hydrogen) atoms. The number of hydrogen-bond donors (Lipinski definition) is 1. The fourth-order valence-electron chi connectivity index (χ4n) is 4.55. The molecule has 1 N–H and O–H groups in total. The van der Waals surface area contributed by atoms with Gasteiger partial charge in [-0.3, -0.25) is 9.48 Å². The number of carbonyl (C=O) groups is 1. The molecule has 1 aromatic heterocycles. The molecule has 8 heteroatoms. The quantitative estimate of drug-likeness (QED) is 0.846. The lowest BCUT2D eigenvalue weighted by molar-refractivity contribution is 0.0887. The van der Waals surface area contributed by atoms with Gasteiger partial charge in [-0.25, -0.2) is 12.7 Å². The van der Waals surface area contributed by atoms with Crippen molar-refractivity contribution in [1.29, 1.82) is 0 Å². The predicted octanol–water partition coefficient (Wildman–Crippen LogP) is 1.88. The van der Waals surface area contributed by atoms with Crippen molar-refractivity contribution in [3.8, 4) is 11.3 Å². The summed E-state index contributed by atoms with van der Waals surface area (Å²) in [6.07, 6.45) is 4.17. The van der Waals surface area contributed by atoms with Crippen LogP contribution in [0.3, 0.4) is 0 Å². The summed E-state index contributed by atoms with van der Waals surface area (Å²) in [5.41, 5.74) is 2.24. The highest BCUT2D eigenvalue weighted by molar-refractivity contribution is 7.88. The minimum Gasteiger partial charge on any atom is -0.348 e. The number of amides is 1. The molecule has 0 bridgehead atoms. The van der Waals surface area contributed by atoms with Crippen molar-refractivity contribution < 1.29 is 13.2 Å². The predicted molar refractivity (Wildman–Crippen MR) is 107 cm³/mol. The van der Waals surface area contributed by atoms with E-state index in [1.807, 2.05) is 36.4 Å². The first-order valence-electron chi connectivity index (χ1n) is 9.68. The summed E-state index contributed by atoms with van der Waals surface area (Å²) in [6.45, 7) is 1.06. The van der Waals surface area contributed by atoms with E-state index < -0.39 is 10.0 Å². The number of carbonyl (C=O) groups excluding carboxylic acids is 1. The fourth-order valence-corrected chi connectivity index (χ4v) is 5.46. The van der Waals surface area contributed by atoms with E-state index in [1.54, 1.807) is 16.0 Å². The van der Waals surface area contributed by atoms with Crippen LogP contribution in [0.1, 0.15) is 29.8 Å². The summed E-state index contributed by atoms with van der Waals surface area (Å²) >= 11 is 0. The van der Waals surface area contributed by atoms with E-state index >= 15 is 0 Å². The Hall–Kier alpha value is -2.19. The molecule has 1 aromatic carbocycles. The van der Waals surface area contributed by atoms with Gasteiger partial charge in [-0.05, 0) is 30.7 Å². The number of hydrogen-bond acceptors (Lipinski definition) is 4. The number of rotatable bonds is 4. The van der Waals surface area contributed by atoms with E-state index in [4.69, 9.17) is 0 Å². The summed E-state index contributed by atoms with van der Waals surface area (Å²) in [5, 5.41) is 7.64. The molecule has 1 aliphatic heterocycles. The smallest absolute Gasteiger partial charge is 0.269 e. The molecule has 1 saturated carbocycles. The highest BCUT2D eigenvalue weighted by Gasteiger charge is 2.43. The van der Waals surface area contributed by atoms with E-state index in [0.29, 0.717) is 24.7 Å². The van der Waals surface area contributed by atoms with Crippen molar-refractivity contribution in [2.24, 2.45) is 18.9 Å². The molecular weight excluding hydrogens is 376 g/mol. The van der Waals surface area contributed by atoms with Crippen LogP contribution in [0.4, 0.5) is 0 Å². The van der Waals surface area contributed by atoms with Gasteiger partial charge in [0.25, 0.3) is 5.91 Å². The molecule has 1 saturated heterocycles. The summed E-state index contributed by atoms with van der Waals surface area (Å²) in [7, 11) is -1.42. The van der Waals surface area contributed by atoms with Crippen LogP contribution in [0.25, 0.3) is 11.3 Å². The minimum atomic E-state index is -3.19. The molecule has 150 valence electrons. The van der Waals surface area contributed by atoms with E-state index in [9.17, 15) is 13.2 Å². The second-order valence-electron chi connectivity index (χ2n) is 7.92. The van der Waals surface area contributed by atoms with Crippen LogP contribution in [-0.4, -0.2) is 53.8 Å². The normalized spacial score (nSPS) is 25.4. The molecule has 2 aromatic rings. The van der Waals surface area contributed by atoms with E-state index in [0.717, 1.165) is 30.5 Å². The molecule has 2 aliphatic rings. The number of aromatic nitrogens is 2. The second kappa shape index (κ2) is 7.33. The third-order valence-electron chi connectivity index (χ3n) is 6.03. The van der Waals surface area contributed by atoms with Crippen molar-refractivity contribution in [2.75, 3.05) is 19.3 Å². The lowest BCUT2D eigenvalue weighted by atomic mass is 9.78. The van der Waals surface area contributed by atoms with Crippen LogP contribution in [0.15, 0.2) is 36.4 Å². The maximum atomic E-state index is 12.9. The molecule has 2 heterocycles. The summed E-state index contributed by atoms with van der Waals surface area (Å²) in [4.78, 5) is 12.9. The molecule has 7 nitrogen and oxygen atoms in total. The molecule has 0 radical (unpaired) electrons. The molecular formula is C20H26N4O3S. The van der Waals surface area contributed by atoms with Crippen molar-refractivity contribution in [3.63, 3.8) is 0 Å². The third kappa shape index (κ3) is 3.71. The SMILES string of the molecule is Cn1nc(-c2ccccc2)cc1C(=O)N[C@H]1CCC[C@H]2CN(S(C)(=O)=O)C[C@H]21. The van der Waals surface area contributed by atoms with Crippen molar-refractivity contribution >= 4 is 15.9 Å².